The van der Waals surface area contributed by atoms with E-state index in [4.69, 9.17) is 0 Å². The average Bonchev–Trinajstić information content (AvgIpc) is 2.63. The highest BCUT2D eigenvalue weighted by atomic mass is 32.1. The molecule has 17 heavy (non-hydrogen) atoms. The molecule has 0 aliphatic carbocycles. The number of hydrogen-bond donors (Lipinski definition) is 0. The number of carbonyl (C=O) groups excluding carboxylic acids is 1. The van der Waals surface area contributed by atoms with Gasteiger partial charge in [0, 0.05) is 11.6 Å². The zero-order chi connectivity index (χ0) is 12.4. The number of ketones is 1. The summed E-state index contributed by atoms with van der Waals surface area (Å²) in [6.45, 7) is 5.32. The summed E-state index contributed by atoms with van der Waals surface area (Å²) in [6.07, 6.45) is 2.21. The molecule has 0 saturated heterocycles. The first-order chi connectivity index (χ1) is 8.06. The molecule has 0 N–H and O–H groups in total. The molecule has 0 aromatic carbocycles. The number of aryl methyl sites for hydroxylation is 2. The fourth-order valence-corrected chi connectivity index (χ4v) is 2.21. The molecule has 0 bridgehead atoms. The van der Waals surface area contributed by atoms with Crippen LogP contribution in [0.15, 0.2) is 11.6 Å². The van der Waals surface area contributed by atoms with E-state index in [2.05, 4.69) is 15.0 Å². The summed E-state index contributed by atoms with van der Waals surface area (Å²) in [5.41, 5.74) is 2.29. The van der Waals surface area contributed by atoms with Gasteiger partial charge in [0.1, 0.15) is 5.82 Å². The minimum atomic E-state index is -0.00134. The average molecular weight is 247 g/mol. The van der Waals surface area contributed by atoms with Gasteiger partial charge in [-0.15, -0.1) is 11.3 Å². The molecule has 2 aromatic rings. The first-order valence-corrected chi connectivity index (χ1v) is 6.18. The van der Waals surface area contributed by atoms with Gasteiger partial charge in [0.05, 0.1) is 28.4 Å². The second-order valence-corrected chi connectivity index (χ2v) is 4.94. The third kappa shape index (κ3) is 2.74. The Morgan fingerprint density at radius 2 is 2.12 bits per heavy atom. The monoisotopic (exact) mass is 247 g/mol. The highest BCUT2D eigenvalue weighted by molar-refractivity contribution is 7.09. The molecule has 2 heterocycles. The molecule has 0 aliphatic heterocycles. The van der Waals surface area contributed by atoms with E-state index in [1.54, 1.807) is 17.5 Å². The minimum absolute atomic E-state index is 0.00134. The number of carbonyl (C=O) groups is 1. The van der Waals surface area contributed by atoms with Crippen LogP contribution in [0.2, 0.25) is 0 Å². The normalized spacial score (nSPS) is 10.5. The van der Waals surface area contributed by atoms with Crippen LogP contribution in [0.3, 0.4) is 0 Å². The number of hydrogen-bond acceptors (Lipinski definition) is 5. The molecule has 0 amide bonds. The van der Waals surface area contributed by atoms with Crippen LogP contribution in [0.25, 0.3) is 0 Å². The molecule has 0 spiro atoms. The van der Waals surface area contributed by atoms with Crippen molar-refractivity contribution in [2.45, 2.75) is 27.2 Å². The van der Waals surface area contributed by atoms with Crippen molar-refractivity contribution in [2.75, 3.05) is 0 Å². The van der Waals surface area contributed by atoms with E-state index < -0.39 is 0 Å². The van der Waals surface area contributed by atoms with Gasteiger partial charge in [-0.3, -0.25) is 4.79 Å². The third-order valence-corrected chi connectivity index (χ3v) is 3.24. The van der Waals surface area contributed by atoms with E-state index in [9.17, 15) is 4.79 Å². The minimum Gasteiger partial charge on any atom is -0.294 e. The molecule has 0 radical (unpaired) electrons. The fraction of sp³-hybridized carbons (Fsp3) is 0.333. The molecule has 2 aromatic heterocycles. The second kappa shape index (κ2) is 4.71. The van der Waals surface area contributed by atoms with Crippen LogP contribution in [-0.4, -0.2) is 20.7 Å². The van der Waals surface area contributed by atoms with Gasteiger partial charge in [-0.2, -0.15) is 0 Å². The fourth-order valence-electron chi connectivity index (χ4n) is 1.60. The van der Waals surface area contributed by atoms with Gasteiger partial charge in [0.2, 0.25) is 0 Å². The van der Waals surface area contributed by atoms with E-state index in [0.717, 1.165) is 16.4 Å². The molecule has 0 unspecified atom stereocenters. The predicted molar refractivity (Wildman–Crippen MR) is 66.4 cm³/mol. The maximum Gasteiger partial charge on any atom is 0.163 e. The van der Waals surface area contributed by atoms with Gasteiger partial charge in [0.25, 0.3) is 0 Å². The highest BCUT2D eigenvalue weighted by Gasteiger charge is 2.08. The van der Waals surface area contributed by atoms with E-state index in [-0.39, 0.29) is 5.78 Å². The number of rotatable bonds is 3. The van der Waals surface area contributed by atoms with Crippen LogP contribution in [-0.2, 0) is 6.42 Å². The summed E-state index contributed by atoms with van der Waals surface area (Å²) in [5, 5.41) is 3.05. The number of thiazole rings is 1. The van der Waals surface area contributed by atoms with Crippen molar-refractivity contribution in [3.05, 3.63) is 39.4 Å². The first kappa shape index (κ1) is 11.9. The van der Waals surface area contributed by atoms with Crippen molar-refractivity contribution in [2.24, 2.45) is 0 Å². The number of Topliss-reactive ketones (excluding diaryl/α,β-unsaturated/α-hetero) is 1. The molecule has 0 saturated carbocycles. The van der Waals surface area contributed by atoms with Gasteiger partial charge in [-0.1, -0.05) is 0 Å². The van der Waals surface area contributed by atoms with Gasteiger partial charge >= 0.3 is 0 Å². The molecule has 0 atom stereocenters. The van der Waals surface area contributed by atoms with Gasteiger partial charge < -0.3 is 0 Å². The molecular formula is C12H13N3OS. The topological polar surface area (TPSA) is 55.7 Å². The van der Waals surface area contributed by atoms with Crippen molar-refractivity contribution in [1.29, 1.82) is 0 Å². The summed E-state index contributed by atoms with van der Waals surface area (Å²) in [5.74, 6) is 0.705. The van der Waals surface area contributed by atoms with Crippen LogP contribution in [0.5, 0.6) is 0 Å². The lowest BCUT2D eigenvalue weighted by molar-refractivity contribution is 0.101. The molecular weight excluding hydrogens is 234 g/mol. The first-order valence-electron chi connectivity index (χ1n) is 5.30. The van der Waals surface area contributed by atoms with Gasteiger partial charge in [-0.05, 0) is 20.8 Å². The Morgan fingerprint density at radius 1 is 1.35 bits per heavy atom. The van der Waals surface area contributed by atoms with Crippen molar-refractivity contribution in [1.82, 2.24) is 15.0 Å². The van der Waals surface area contributed by atoms with E-state index in [1.807, 2.05) is 19.2 Å². The van der Waals surface area contributed by atoms with Crippen LogP contribution >= 0.6 is 11.3 Å². The Kier molecular flexibility index (Phi) is 3.28. The maximum atomic E-state index is 11.2. The second-order valence-electron chi connectivity index (χ2n) is 3.88. The van der Waals surface area contributed by atoms with Crippen LogP contribution in [0, 0.1) is 13.8 Å². The maximum absolute atomic E-state index is 11.2. The summed E-state index contributed by atoms with van der Waals surface area (Å²) < 4.78 is 0. The van der Waals surface area contributed by atoms with Crippen molar-refractivity contribution in [3.8, 4) is 0 Å². The smallest absolute Gasteiger partial charge is 0.163 e. The van der Waals surface area contributed by atoms with Gasteiger partial charge in [-0.25, -0.2) is 15.0 Å². The molecule has 88 valence electrons. The van der Waals surface area contributed by atoms with Crippen molar-refractivity contribution < 1.29 is 4.79 Å². The Hall–Kier alpha value is -1.62. The van der Waals surface area contributed by atoms with E-state index in [1.165, 1.54) is 6.92 Å². The van der Waals surface area contributed by atoms with E-state index >= 15 is 0 Å². The lowest BCUT2D eigenvalue weighted by Crippen LogP contribution is -2.05. The number of aromatic nitrogens is 3. The zero-order valence-electron chi connectivity index (χ0n) is 10.0. The predicted octanol–water partition coefficient (Wildman–Crippen LogP) is 2.34. The quantitative estimate of drug-likeness (QED) is 0.781. The van der Waals surface area contributed by atoms with Crippen LogP contribution in [0.1, 0.15) is 39.5 Å². The molecule has 0 fully saturated rings. The van der Waals surface area contributed by atoms with Crippen molar-refractivity contribution >= 4 is 17.1 Å². The summed E-state index contributed by atoms with van der Waals surface area (Å²) in [4.78, 5) is 24.1. The Morgan fingerprint density at radius 3 is 2.65 bits per heavy atom. The Labute approximate surface area is 104 Å². The Balaban J connectivity index is 2.23. The van der Waals surface area contributed by atoms with Crippen LogP contribution < -0.4 is 0 Å². The highest BCUT2D eigenvalue weighted by Crippen LogP contribution is 2.12. The molecule has 5 heteroatoms. The summed E-state index contributed by atoms with van der Waals surface area (Å²) in [7, 11) is 0. The summed E-state index contributed by atoms with van der Waals surface area (Å²) >= 11 is 1.62. The molecule has 2 rings (SSSR count). The van der Waals surface area contributed by atoms with Crippen molar-refractivity contribution in [3.63, 3.8) is 0 Å². The largest absolute Gasteiger partial charge is 0.294 e. The zero-order valence-corrected chi connectivity index (χ0v) is 10.8. The van der Waals surface area contributed by atoms with Crippen LogP contribution in [0.4, 0.5) is 0 Å². The lowest BCUT2D eigenvalue weighted by atomic mass is 10.2. The number of nitrogens with zero attached hydrogens (tertiary/aromatic N) is 3. The standard InChI is InChI=1S/C12H13N3OS/c1-7-11(8(2)16)5-13-12(14-7)4-10-6-17-9(3)15-10/h5-6H,4H2,1-3H3. The molecule has 4 nitrogen and oxygen atoms in total. The third-order valence-electron chi connectivity index (χ3n) is 2.41. The SMILES string of the molecule is CC(=O)c1cnc(Cc2csc(C)n2)nc1C. The van der Waals surface area contributed by atoms with Gasteiger partial charge in [0.15, 0.2) is 5.78 Å². The Bertz CT molecular complexity index is 563. The summed E-state index contributed by atoms with van der Waals surface area (Å²) in [6, 6.07) is 0. The lowest BCUT2D eigenvalue weighted by Gasteiger charge is -2.02. The van der Waals surface area contributed by atoms with E-state index in [0.29, 0.717) is 17.8 Å². The molecule has 0 aliphatic rings.